The number of benzene rings is 2. The molecule has 0 amide bonds. The van der Waals surface area contributed by atoms with Gasteiger partial charge in [0.1, 0.15) is 5.75 Å². The molecule has 2 heterocycles. The third-order valence-corrected chi connectivity index (χ3v) is 6.59. The minimum Gasteiger partial charge on any atom is -0.497 e. The molecule has 0 saturated carbocycles. The van der Waals surface area contributed by atoms with Crippen LogP contribution in [-0.4, -0.2) is 37.2 Å². The summed E-state index contributed by atoms with van der Waals surface area (Å²) in [7, 11) is -1.63. The van der Waals surface area contributed by atoms with Crippen molar-refractivity contribution in [2.45, 2.75) is 19.1 Å². The lowest BCUT2D eigenvalue weighted by Crippen LogP contribution is -2.49. The first-order valence-corrected chi connectivity index (χ1v) is 9.60. The van der Waals surface area contributed by atoms with Gasteiger partial charge in [0.15, 0.2) is 0 Å². The van der Waals surface area contributed by atoms with Crippen LogP contribution in [0.25, 0.3) is 0 Å². The Hall–Kier alpha value is -1.89. The summed E-state index contributed by atoms with van der Waals surface area (Å²) >= 11 is 0. The molecule has 0 aromatic heterocycles. The lowest BCUT2D eigenvalue weighted by molar-refractivity contribution is 0.137. The predicted molar refractivity (Wildman–Crippen MR) is 91.9 cm³/mol. The molecule has 2 aromatic rings. The minimum atomic E-state index is -3.27. The number of hydrogen-bond donors (Lipinski definition) is 0. The summed E-state index contributed by atoms with van der Waals surface area (Å²) in [6, 6.07) is 15.6. The quantitative estimate of drug-likeness (QED) is 0.858. The Labute approximate surface area is 142 Å². The summed E-state index contributed by atoms with van der Waals surface area (Å²) in [5.41, 5.74) is 3.28. The van der Waals surface area contributed by atoms with Crippen LogP contribution in [0.2, 0.25) is 0 Å². The Kier molecular flexibility index (Phi) is 3.83. The van der Waals surface area contributed by atoms with Gasteiger partial charge in [-0.1, -0.05) is 36.4 Å². The fourth-order valence-electron chi connectivity index (χ4n) is 3.57. The molecule has 4 rings (SSSR count). The van der Waals surface area contributed by atoms with Crippen LogP contribution in [0.3, 0.4) is 0 Å². The van der Waals surface area contributed by atoms with Crippen LogP contribution >= 0.6 is 0 Å². The Morgan fingerprint density at radius 1 is 1.17 bits per heavy atom. The molecular formula is C18H20N2O3S. The molecule has 0 N–H and O–H groups in total. The van der Waals surface area contributed by atoms with Crippen molar-refractivity contribution < 1.29 is 13.2 Å². The molecule has 1 unspecified atom stereocenters. The maximum absolute atomic E-state index is 12.7. The standard InChI is InChI=1S/C18H20N2O3S/c1-23-16-7-8-17-15(9-16)11-19-13-20(24(21,22)12-18(17)19)10-14-5-3-2-4-6-14/h2-9,18H,10-13H2,1H3. The van der Waals surface area contributed by atoms with Gasteiger partial charge in [0.25, 0.3) is 0 Å². The number of fused-ring (bicyclic) bond motifs is 3. The third-order valence-electron chi connectivity index (χ3n) is 4.83. The van der Waals surface area contributed by atoms with Gasteiger partial charge in [-0.3, -0.25) is 4.90 Å². The minimum absolute atomic E-state index is 0.0528. The summed E-state index contributed by atoms with van der Waals surface area (Å²) in [5, 5.41) is 0. The number of nitrogens with zero attached hydrogens (tertiary/aromatic N) is 2. The largest absolute Gasteiger partial charge is 0.497 e. The van der Waals surface area contributed by atoms with Crippen molar-refractivity contribution in [2.75, 3.05) is 19.5 Å². The summed E-state index contributed by atoms with van der Waals surface area (Å²) in [6.07, 6.45) is 0. The van der Waals surface area contributed by atoms with Gasteiger partial charge in [0, 0.05) is 13.1 Å². The fraction of sp³-hybridized carbons (Fsp3) is 0.333. The zero-order valence-corrected chi connectivity index (χ0v) is 14.4. The monoisotopic (exact) mass is 344 g/mol. The molecule has 2 aromatic carbocycles. The fourth-order valence-corrected chi connectivity index (χ4v) is 5.24. The molecule has 5 nitrogen and oxygen atoms in total. The van der Waals surface area contributed by atoms with Crippen LogP contribution in [0.4, 0.5) is 0 Å². The van der Waals surface area contributed by atoms with Gasteiger partial charge < -0.3 is 4.74 Å². The van der Waals surface area contributed by atoms with E-state index in [0.717, 1.165) is 29.0 Å². The Bertz CT molecular complexity index is 852. The van der Waals surface area contributed by atoms with Crippen molar-refractivity contribution in [3.05, 3.63) is 65.2 Å². The highest BCUT2D eigenvalue weighted by Crippen LogP contribution is 2.39. The van der Waals surface area contributed by atoms with E-state index in [1.807, 2.05) is 48.5 Å². The van der Waals surface area contributed by atoms with Crippen LogP contribution in [-0.2, 0) is 23.1 Å². The van der Waals surface area contributed by atoms with E-state index in [-0.39, 0.29) is 11.8 Å². The third kappa shape index (κ3) is 2.70. The first-order valence-electron chi connectivity index (χ1n) is 7.99. The molecule has 6 heteroatoms. The van der Waals surface area contributed by atoms with E-state index in [1.165, 1.54) is 0 Å². The van der Waals surface area contributed by atoms with E-state index in [1.54, 1.807) is 11.4 Å². The molecule has 1 atom stereocenters. The average molecular weight is 344 g/mol. The van der Waals surface area contributed by atoms with Crippen LogP contribution in [0, 0.1) is 0 Å². The number of methoxy groups -OCH3 is 1. The van der Waals surface area contributed by atoms with Crippen molar-refractivity contribution in [3.63, 3.8) is 0 Å². The Balaban J connectivity index is 1.60. The maximum Gasteiger partial charge on any atom is 0.217 e. The molecule has 24 heavy (non-hydrogen) atoms. The second-order valence-electron chi connectivity index (χ2n) is 6.34. The Morgan fingerprint density at radius 2 is 1.96 bits per heavy atom. The number of sulfonamides is 1. The Morgan fingerprint density at radius 3 is 2.71 bits per heavy atom. The smallest absolute Gasteiger partial charge is 0.217 e. The second kappa shape index (κ2) is 5.88. The van der Waals surface area contributed by atoms with E-state index in [9.17, 15) is 8.42 Å². The van der Waals surface area contributed by atoms with Gasteiger partial charge in [0.05, 0.1) is 25.6 Å². The molecular weight excluding hydrogens is 324 g/mol. The lowest BCUT2D eigenvalue weighted by atomic mass is 10.1. The highest BCUT2D eigenvalue weighted by atomic mass is 32.2. The first-order chi connectivity index (χ1) is 11.6. The summed E-state index contributed by atoms with van der Waals surface area (Å²) in [5.74, 6) is 0.955. The summed E-state index contributed by atoms with van der Waals surface area (Å²) in [6.45, 7) is 1.61. The van der Waals surface area contributed by atoms with E-state index in [4.69, 9.17) is 4.74 Å². The molecule has 126 valence electrons. The lowest BCUT2D eigenvalue weighted by Gasteiger charge is -2.37. The zero-order valence-electron chi connectivity index (χ0n) is 13.6. The molecule has 0 bridgehead atoms. The molecule has 0 aliphatic carbocycles. The van der Waals surface area contributed by atoms with E-state index >= 15 is 0 Å². The predicted octanol–water partition coefficient (Wildman–Crippen LogP) is 2.36. The van der Waals surface area contributed by atoms with Crippen LogP contribution in [0.1, 0.15) is 22.7 Å². The van der Waals surface area contributed by atoms with Crippen molar-refractivity contribution in [1.29, 1.82) is 0 Å². The molecule has 0 radical (unpaired) electrons. The average Bonchev–Trinajstić information content (AvgIpc) is 2.91. The molecule has 2 aliphatic rings. The van der Waals surface area contributed by atoms with Gasteiger partial charge in [-0.05, 0) is 28.8 Å². The van der Waals surface area contributed by atoms with E-state index in [0.29, 0.717) is 13.2 Å². The van der Waals surface area contributed by atoms with Crippen LogP contribution in [0.15, 0.2) is 48.5 Å². The SMILES string of the molecule is COc1ccc2c(c1)CN1CN(Cc3ccccc3)S(=O)(=O)CC21. The van der Waals surface area contributed by atoms with Gasteiger partial charge >= 0.3 is 0 Å². The summed E-state index contributed by atoms with van der Waals surface area (Å²) in [4.78, 5) is 2.23. The van der Waals surface area contributed by atoms with Crippen molar-refractivity contribution in [1.82, 2.24) is 9.21 Å². The first kappa shape index (κ1) is 15.6. The van der Waals surface area contributed by atoms with E-state index in [2.05, 4.69) is 4.90 Å². The van der Waals surface area contributed by atoms with Crippen molar-refractivity contribution in [3.8, 4) is 5.75 Å². The normalized spacial score (nSPS) is 22.8. The topological polar surface area (TPSA) is 49.9 Å². The number of ether oxygens (including phenoxy) is 1. The van der Waals surface area contributed by atoms with Gasteiger partial charge in [-0.15, -0.1) is 0 Å². The second-order valence-corrected chi connectivity index (χ2v) is 8.36. The maximum atomic E-state index is 12.7. The van der Waals surface area contributed by atoms with Gasteiger partial charge in [0.2, 0.25) is 10.0 Å². The van der Waals surface area contributed by atoms with Crippen molar-refractivity contribution >= 4 is 10.0 Å². The summed E-state index contributed by atoms with van der Waals surface area (Å²) < 4.78 is 32.3. The highest BCUT2D eigenvalue weighted by Gasteiger charge is 2.42. The zero-order chi connectivity index (χ0) is 16.7. The molecule has 1 fully saturated rings. The molecule has 0 spiro atoms. The number of hydrogen-bond acceptors (Lipinski definition) is 4. The van der Waals surface area contributed by atoms with E-state index < -0.39 is 10.0 Å². The van der Waals surface area contributed by atoms with Crippen molar-refractivity contribution in [2.24, 2.45) is 0 Å². The molecule has 2 aliphatic heterocycles. The highest BCUT2D eigenvalue weighted by molar-refractivity contribution is 7.89. The van der Waals surface area contributed by atoms with Gasteiger partial charge in [-0.25, -0.2) is 8.42 Å². The van der Waals surface area contributed by atoms with Gasteiger partial charge in [-0.2, -0.15) is 4.31 Å². The molecule has 1 saturated heterocycles. The number of rotatable bonds is 3. The van der Waals surface area contributed by atoms with Crippen LogP contribution < -0.4 is 4.74 Å². The van der Waals surface area contributed by atoms with Crippen LogP contribution in [0.5, 0.6) is 5.75 Å².